The van der Waals surface area contributed by atoms with Gasteiger partial charge in [0.15, 0.2) is 23.3 Å². The fourth-order valence-corrected chi connectivity index (χ4v) is 7.62. The van der Waals surface area contributed by atoms with Crippen LogP contribution in [0.3, 0.4) is 0 Å². The third kappa shape index (κ3) is 5.11. The third-order valence-electron chi connectivity index (χ3n) is 4.18. The molecular formula is C18H19F5O5S2. The summed E-state index contributed by atoms with van der Waals surface area (Å²) in [7, 11) is -7.83. The highest BCUT2D eigenvalue weighted by molar-refractivity contribution is 8.32. The highest BCUT2D eigenvalue weighted by Crippen LogP contribution is 2.54. The van der Waals surface area contributed by atoms with Gasteiger partial charge < -0.3 is 10.2 Å². The molecule has 2 rings (SSSR count). The quantitative estimate of drug-likeness (QED) is 0.331. The van der Waals surface area contributed by atoms with Crippen molar-refractivity contribution >= 4 is 20.4 Å². The second kappa shape index (κ2) is 9.60. The van der Waals surface area contributed by atoms with Crippen LogP contribution in [0.25, 0.3) is 0 Å². The second-order valence-corrected chi connectivity index (χ2v) is 11.3. The van der Waals surface area contributed by atoms with E-state index in [1.54, 1.807) is 6.92 Å². The topological polar surface area (TPSA) is 83.8 Å². The van der Waals surface area contributed by atoms with Crippen LogP contribution >= 0.6 is 10.3 Å². The van der Waals surface area contributed by atoms with Gasteiger partial charge in [-0.05, 0) is 19.1 Å². The molecule has 0 amide bonds. The Morgan fingerprint density at radius 1 is 0.800 bits per heavy atom. The summed E-state index contributed by atoms with van der Waals surface area (Å²) in [6.07, 6.45) is 0. The summed E-state index contributed by atoms with van der Waals surface area (Å²) in [5.41, 5.74) is -0.540. The molecule has 0 fully saturated rings. The van der Waals surface area contributed by atoms with Crippen molar-refractivity contribution in [2.75, 3.05) is 24.7 Å². The van der Waals surface area contributed by atoms with Gasteiger partial charge in [0.2, 0.25) is 5.82 Å². The normalized spacial score (nSPS) is 12.9. The zero-order valence-electron chi connectivity index (χ0n) is 15.7. The zero-order chi connectivity index (χ0) is 22.7. The van der Waals surface area contributed by atoms with Crippen molar-refractivity contribution in [3.8, 4) is 0 Å². The fraction of sp³-hybridized carbons (Fsp3) is 0.333. The molecular weight excluding hydrogens is 455 g/mol. The lowest BCUT2D eigenvalue weighted by atomic mass is 10.2. The third-order valence-corrected chi connectivity index (χ3v) is 9.57. The van der Waals surface area contributed by atoms with E-state index in [0.717, 1.165) is 5.56 Å². The maximum Gasteiger partial charge on any atom is 0.306 e. The van der Waals surface area contributed by atoms with E-state index < -0.39 is 85.5 Å². The first-order valence-electron chi connectivity index (χ1n) is 8.49. The van der Waals surface area contributed by atoms with Crippen LogP contribution < -0.4 is 0 Å². The van der Waals surface area contributed by atoms with Crippen LogP contribution in [0, 0.1) is 36.0 Å². The second-order valence-electron chi connectivity index (χ2n) is 6.35. The van der Waals surface area contributed by atoms with Crippen LogP contribution in [0.15, 0.2) is 29.2 Å². The number of halogens is 5. The van der Waals surface area contributed by atoms with Crippen molar-refractivity contribution < 1.29 is 44.2 Å². The highest BCUT2D eigenvalue weighted by atomic mass is 32.3. The summed E-state index contributed by atoms with van der Waals surface area (Å²) < 4.78 is 99.5. The van der Waals surface area contributed by atoms with Crippen LogP contribution in [0.5, 0.6) is 0 Å². The summed E-state index contributed by atoms with van der Waals surface area (Å²) in [5, 5.41) is 18.7. The molecule has 0 saturated carbocycles. The summed E-state index contributed by atoms with van der Waals surface area (Å²) in [6.45, 7) is 0.274. The molecule has 0 heterocycles. The maximum absolute atomic E-state index is 14.2. The molecule has 0 spiro atoms. The molecule has 0 bridgehead atoms. The first-order valence-corrected chi connectivity index (χ1v) is 12.0. The molecule has 5 nitrogen and oxygen atoms in total. The summed E-state index contributed by atoms with van der Waals surface area (Å²) in [6, 6.07) is 5.36. The van der Waals surface area contributed by atoms with Crippen molar-refractivity contribution in [3.63, 3.8) is 0 Å². The summed E-state index contributed by atoms with van der Waals surface area (Å²) in [5.74, 6) is -13.0. The minimum Gasteiger partial charge on any atom is -0.395 e. The number of rotatable bonds is 9. The largest absolute Gasteiger partial charge is 0.395 e. The van der Waals surface area contributed by atoms with Crippen molar-refractivity contribution in [2.45, 2.75) is 17.6 Å². The number of benzene rings is 2. The number of hydrogen-bond donors (Lipinski definition) is 2. The number of aliphatic hydroxyl groups excluding tert-OH is 2. The highest BCUT2D eigenvalue weighted by Gasteiger charge is 2.36. The first kappa shape index (κ1) is 24.5. The van der Waals surface area contributed by atoms with E-state index in [1.165, 1.54) is 24.3 Å². The van der Waals surface area contributed by atoms with Gasteiger partial charge in [0.25, 0.3) is 0 Å². The number of aliphatic hydroxyl groups is 2. The molecule has 12 heteroatoms. The van der Waals surface area contributed by atoms with Gasteiger partial charge in [-0.3, -0.25) is 0 Å². The lowest BCUT2D eigenvalue weighted by Crippen LogP contribution is -2.24. The van der Waals surface area contributed by atoms with Gasteiger partial charge in [0, 0.05) is 22.8 Å². The fourth-order valence-electron chi connectivity index (χ4n) is 2.65. The van der Waals surface area contributed by atoms with Gasteiger partial charge in [-0.25, -0.2) is 25.6 Å². The lowest BCUT2D eigenvalue weighted by Gasteiger charge is -2.37. The molecule has 0 radical (unpaired) electrons. The van der Waals surface area contributed by atoms with Crippen molar-refractivity contribution in [3.05, 3.63) is 64.5 Å². The average molecular weight is 474 g/mol. The van der Waals surface area contributed by atoms with E-state index in [1.807, 2.05) is 0 Å². The Hall–Kier alpha value is -1.73. The van der Waals surface area contributed by atoms with Gasteiger partial charge in [-0.2, -0.15) is 8.42 Å². The molecule has 0 aromatic heterocycles. The monoisotopic (exact) mass is 474 g/mol. The van der Waals surface area contributed by atoms with Crippen molar-refractivity contribution in [2.24, 2.45) is 0 Å². The molecule has 0 aliphatic heterocycles. The van der Waals surface area contributed by atoms with Gasteiger partial charge in [0.05, 0.1) is 18.1 Å². The van der Waals surface area contributed by atoms with Crippen LogP contribution in [-0.2, 0) is 19.5 Å². The Morgan fingerprint density at radius 3 is 1.67 bits per heavy atom. The van der Waals surface area contributed by atoms with Gasteiger partial charge in [-0.1, -0.05) is 17.7 Å². The van der Waals surface area contributed by atoms with E-state index in [9.17, 15) is 40.6 Å². The number of aryl methyl sites for hydroxylation is 1. The van der Waals surface area contributed by atoms with Crippen molar-refractivity contribution in [1.29, 1.82) is 0 Å². The lowest BCUT2D eigenvalue weighted by molar-refractivity contribution is 0.312. The average Bonchev–Trinajstić information content (AvgIpc) is 2.69. The molecule has 0 saturated heterocycles. The minimum absolute atomic E-state index is 0.307. The van der Waals surface area contributed by atoms with Crippen molar-refractivity contribution in [1.82, 2.24) is 0 Å². The van der Waals surface area contributed by atoms with E-state index in [0.29, 0.717) is 0 Å². The van der Waals surface area contributed by atoms with E-state index in [-0.39, 0.29) is 4.90 Å². The molecule has 2 aromatic rings. The van der Waals surface area contributed by atoms with Crippen LogP contribution in [0.2, 0.25) is 0 Å². The molecule has 0 atom stereocenters. The van der Waals surface area contributed by atoms with E-state index in [2.05, 4.69) is 0 Å². The predicted octanol–water partition coefficient (Wildman–Crippen LogP) is 3.30. The summed E-state index contributed by atoms with van der Waals surface area (Å²) >= 11 is 0. The Morgan fingerprint density at radius 2 is 1.23 bits per heavy atom. The van der Waals surface area contributed by atoms with Crippen LogP contribution in [0.1, 0.15) is 11.1 Å². The van der Waals surface area contributed by atoms with Gasteiger partial charge in [-0.15, -0.1) is 10.3 Å². The van der Waals surface area contributed by atoms with E-state index in [4.69, 9.17) is 3.63 Å². The molecule has 0 unspecified atom stereocenters. The Balaban J connectivity index is 2.57. The molecule has 30 heavy (non-hydrogen) atoms. The Labute approximate surface area is 171 Å². The zero-order valence-corrected chi connectivity index (χ0v) is 17.3. The smallest absolute Gasteiger partial charge is 0.306 e. The predicted molar refractivity (Wildman–Crippen MR) is 101 cm³/mol. The van der Waals surface area contributed by atoms with E-state index >= 15 is 0 Å². The van der Waals surface area contributed by atoms with Crippen LogP contribution in [-0.4, -0.2) is 43.4 Å². The van der Waals surface area contributed by atoms with Gasteiger partial charge in [0.1, 0.15) is 0 Å². The first-order chi connectivity index (χ1) is 14.0. The number of hydrogen-bond acceptors (Lipinski definition) is 5. The minimum atomic E-state index is -4.54. The standard InChI is InChI=1S/C18H19F5O5S2/c1-11-2-4-12(5-3-11)30(26,27)28-29(8-6-24,9-7-25)10-13-14(19)16(21)18(23)17(22)15(13)20/h2-5,24-25H,6-10H2,1H3. The van der Waals surface area contributed by atoms with Crippen LogP contribution in [0.4, 0.5) is 22.0 Å². The summed E-state index contributed by atoms with van der Waals surface area (Å²) in [4.78, 5) is -0.307. The van der Waals surface area contributed by atoms with Gasteiger partial charge >= 0.3 is 10.1 Å². The Bertz CT molecular complexity index is 978. The molecule has 2 aromatic carbocycles. The molecule has 0 aliphatic carbocycles. The Kier molecular flexibility index (Phi) is 7.85. The molecule has 0 aliphatic rings. The SMILES string of the molecule is Cc1ccc(S(=O)(=O)OS(CCO)(CCO)Cc2c(F)c(F)c(F)c(F)c2F)cc1. The molecule has 168 valence electrons. The molecule has 2 N–H and O–H groups in total. The maximum atomic E-state index is 14.2.